The molecule has 2 aliphatic heterocycles. The van der Waals surface area contributed by atoms with Crippen LogP contribution in [0.15, 0.2) is 42.0 Å². The van der Waals surface area contributed by atoms with Crippen LogP contribution < -0.4 is 9.80 Å². The van der Waals surface area contributed by atoms with Crippen LogP contribution in [0.1, 0.15) is 24.3 Å². The Kier molecular flexibility index (Phi) is 7.85. The topological polar surface area (TPSA) is 185 Å². The number of nitro groups is 2. The van der Waals surface area contributed by atoms with Gasteiger partial charge >= 0.3 is 11.4 Å². The number of amides is 4. The van der Waals surface area contributed by atoms with Gasteiger partial charge in [0.2, 0.25) is 11.8 Å². The van der Waals surface area contributed by atoms with Gasteiger partial charge in [-0.25, -0.2) is 4.90 Å². The zero-order chi connectivity index (χ0) is 34.5. The number of hydrogen-bond donors (Lipinski definition) is 1. The number of benzene rings is 2. The number of hydrogen-bond acceptors (Lipinski definition) is 10. The smallest absolute Gasteiger partial charge is 0.301 e. The number of aromatic hydroxyl groups is 1. The normalized spacial score (nSPS) is 29.8. The van der Waals surface area contributed by atoms with Crippen molar-refractivity contribution in [2.24, 2.45) is 17.8 Å². The molecular weight excluding hydrogens is 749 g/mol. The molecule has 4 amide bonds. The van der Waals surface area contributed by atoms with Gasteiger partial charge in [0.15, 0.2) is 15.4 Å². The van der Waals surface area contributed by atoms with Gasteiger partial charge in [-0.1, -0.05) is 39.2 Å². The van der Waals surface area contributed by atoms with Crippen LogP contribution in [0.4, 0.5) is 22.7 Å². The molecule has 3 fully saturated rings. The fraction of sp³-hybridized carbons (Fsp3) is 0.379. The third-order valence-electron chi connectivity index (χ3n) is 9.47. The van der Waals surface area contributed by atoms with Crippen LogP contribution in [0, 0.1) is 38.0 Å². The predicted molar refractivity (Wildman–Crippen MR) is 173 cm³/mol. The molecule has 1 saturated carbocycles. The maximum Gasteiger partial charge on any atom is 0.301 e. The van der Waals surface area contributed by atoms with Gasteiger partial charge in [0.05, 0.1) is 32.8 Å². The number of carbonyl (C=O) groups excluding carboxylic acids is 4. The van der Waals surface area contributed by atoms with Crippen molar-refractivity contribution in [3.05, 3.63) is 72.8 Å². The van der Waals surface area contributed by atoms with E-state index < -0.39 is 78.3 Å². The Labute approximate surface area is 289 Å². The van der Waals surface area contributed by atoms with E-state index in [1.54, 1.807) is 6.08 Å². The zero-order valence-corrected chi connectivity index (χ0v) is 28.2. The summed E-state index contributed by atoms with van der Waals surface area (Å²) in [4.78, 5) is 76.6. The van der Waals surface area contributed by atoms with E-state index in [2.05, 4.69) is 15.9 Å². The number of nitro benzene ring substituents is 2. The molecule has 14 nitrogen and oxygen atoms in total. The third kappa shape index (κ3) is 4.42. The lowest BCUT2D eigenvalue weighted by Gasteiger charge is -2.50. The van der Waals surface area contributed by atoms with Crippen molar-refractivity contribution >= 4 is 97.1 Å². The molecule has 0 radical (unpaired) electrons. The number of imide groups is 2. The van der Waals surface area contributed by atoms with E-state index in [-0.39, 0.29) is 46.0 Å². The van der Waals surface area contributed by atoms with Gasteiger partial charge in [-0.3, -0.25) is 44.3 Å². The molecule has 47 heavy (non-hydrogen) atoms. The highest BCUT2D eigenvalue weighted by Crippen LogP contribution is 2.66. The summed E-state index contributed by atoms with van der Waals surface area (Å²) in [5.74, 6) is -8.09. The highest BCUT2D eigenvalue weighted by Gasteiger charge is 2.76. The van der Waals surface area contributed by atoms with Gasteiger partial charge in [-0.2, -0.15) is 0 Å². The fourth-order valence-corrected chi connectivity index (χ4v) is 9.16. The first kappa shape index (κ1) is 33.1. The van der Waals surface area contributed by atoms with Crippen LogP contribution in [-0.2, 0) is 19.2 Å². The molecule has 6 atom stereocenters. The van der Waals surface area contributed by atoms with Gasteiger partial charge in [0.25, 0.3) is 11.8 Å². The monoisotopic (exact) mass is 769 g/mol. The van der Waals surface area contributed by atoms with E-state index in [0.29, 0.717) is 10.5 Å². The number of alkyl halides is 3. The number of likely N-dealkylation sites (tertiary alicyclic amines) is 1. The van der Waals surface area contributed by atoms with E-state index in [9.17, 15) is 44.5 Å². The van der Waals surface area contributed by atoms with Gasteiger partial charge < -0.3 is 10.0 Å². The standard InChI is InChI=1S/C29H23BrCl3N5O9/c1-34(2)23-18(37(44)45)8-13(9-19(23)38(46)47)36-24(40)15-5-4-14-17(21(15)25(36)41)10-28(32)26(42)35(11-30)27(43)29(28,33)22(14)16-7-12(31)3-6-20(16)39/h3-4,6-9,15,17,21-22,39H,5,10-11H2,1-2H3/t15-,17+,21-,22+,28+,29-/m0/s1. The SMILES string of the molecule is CN(C)c1c([N+](=O)[O-])cc(N2C(=O)[C@H]3[C@H](CC=C4[C@H]3C[C@@]3(Cl)C(=O)N(CBr)C(=O)[C@@]3(Cl)[C@H]4c3cc(Cl)ccc3O)C2=O)cc1[N+](=O)[O-]. The number of halogens is 4. The molecule has 2 aliphatic carbocycles. The summed E-state index contributed by atoms with van der Waals surface area (Å²) < 4.78 is 0. The maximum atomic E-state index is 14.3. The molecule has 2 aromatic carbocycles. The summed E-state index contributed by atoms with van der Waals surface area (Å²) in [6.07, 6.45) is 1.21. The van der Waals surface area contributed by atoms with Gasteiger partial charge in [-0.05, 0) is 37.0 Å². The van der Waals surface area contributed by atoms with Gasteiger partial charge in [0.1, 0.15) is 5.75 Å². The van der Waals surface area contributed by atoms with Crippen molar-refractivity contribution in [1.29, 1.82) is 0 Å². The number of rotatable bonds is 6. The lowest BCUT2D eigenvalue weighted by molar-refractivity contribution is -0.392. The largest absolute Gasteiger partial charge is 0.508 e. The summed E-state index contributed by atoms with van der Waals surface area (Å²) in [6, 6.07) is 5.93. The van der Waals surface area contributed by atoms with Crippen LogP contribution in [0.3, 0.4) is 0 Å². The highest BCUT2D eigenvalue weighted by molar-refractivity contribution is 9.09. The fourth-order valence-electron chi connectivity index (χ4n) is 7.57. The van der Waals surface area contributed by atoms with Crippen LogP contribution in [-0.4, -0.2) is 72.8 Å². The molecule has 0 bridgehead atoms. The van der Waals surface area contributed by atoms with Crippen molar-refractivity contribution in [1.82, 2.24) is 4.90 Å². The summed E-state index contributed by atoms with van der Waals surface area (Å²) in [6.45, 7) is 0. The number of phenols is 1. The van der Waals surface area contributed by atoms with Crippen molar-refractivity contribution in [2.45, 2.75) is 28.5 Å². The zero-order valence-electron chi connectivity index (χ0n) is 24.4. The van der Waals surface area contributed by atoms with Crippen LogP contribution >= 0.6 is 50.7 Å². The molecule has 6 rings (SSSR count). The average Bonchev–Trinajstić information content (AvgIpc) is 3.35. The molecule has 246 valence electrons. The van der Waals surface area contributed by atoms with E-state index in [4.69, 9.17) is 34.8 Å². The Morgan fingerprint density at radius 2 is 1.62 bits per heavy atom. The van der Waals surface area contributed by atoms with Gasteiger partial charge in [-0.15, -0.1) is 23.2 Å². The van der Waals surface area contributed by atoms with Crippen LogP contribution in [0.5, 0.6) is 5.75 Å². The van der Waals surface area contributed by atoms with E-state index in [1.165, 1.54) is 37.2 Å². The second-order valence-electron chi connectivity index (χ2n) is 11.9. The summed E-state index contributed by atoms with van der Waals surface area (Å²) in [5.41, 5.74) is -1.89. The lowest BCUT2D eigenvalue weighted by Crippen LogP contribution is -2.60. The molecule has 2 saturated heterocycles. The Hall–Kier alpha value is -3.79. The molecular formula is C29H23BrCl3N5O9. The minimum absolute atomic E-state index is 0.0537. The van der Waals surface area contributed by atoms with E-state index >= 15 is 0 Å². The van der Waals surface area contributed by atoms with Crippen molar-refractivity contribution < 1.29 is 34.1 Å². The minimum atomic E-state index is -2.18. The number of phenolic OH excluding ortho intramolecular Hbond substituents is 1. The number of carbonyl (C=O) groups is 4. The second-order valence-corrected chi connectivity index (χ2v) is 14.1. The molecule has 2 aromatic rings. The molecule has 0 aromatic heterocycles. The summed E-state index contributed by atoms with van der Waals surface area (Å²) >= 11 is 23.7. The summed E-state index contributed by atoms with van der Waals surface area (Å²) in [7, 11) is 2.76. The Bertz CT molecular complexity index is 1840. The number of nitrogens with zero attached hydrogens (tertiary/aromatic N) is 5. The third-order valence-corrected chi connectivity index (χ3v) is 11.6. The van der Waals surface area contributed by atoms with Gasteiger partial charge in [0, 0.05) is 42.7 Å². The van der Waals surface area contributed by atoms with E-state index in [0.717, 1.165) is 17.0 Å². The average molecular weight is 772 g/mol. The number of fused-ring (bicyclic) bond motifs is 4. The van der Waals surface area contributed by atoms with Crippen molar-refractivity contribution in [3.63, 3.8) is 0 Å². The highest BCUT2D eigenvalue weighted by atomic mass is 79.9. The molecule has 0 unspecified atom stereocenters. The van der Waals surface area contributed by atoms with Crippen molar-refractivity contribution in [3.8, 4) is 5.75 Å². The number of anilines is 2. The predicted octanol–water partition coefficient (Wildman–Crippen LogP) is 4.84. The molecule has 4 aliphatic rings. The quantitative estimate of drug-likeness (QED) is 0.106. The molecule has 18 heteroatoms. The summed E-state index contributed by atoms with van der Waals surface area (Å²) in [5, 5.41) is 35.2. The molecule has 0 spiro atoms. The Morgan fingerprint density at radius 3 is 2.17 bits per heavy atom. The van der Waals surface area contributed by atoms with Crippen LogP contribution in [0.2, 0.25) is 5.02 Å². The molecule has 2 heterocycles. The molecule has 1 N–H and O–H groups in total. The Morgan fingerprint density at radius 1 is 1.00 bits per heavy atom. The first-order valence-corrected chi connectivity index (χ1v) is 16.3. The number of allylic oxidation sites excluding steroid dienone is 2. The maximum absolute atomic E-state index is 14.3. The minimum Gasteiger partial charge on any atom is -0.508 e. The van der Waals surface area contributed by atoms with Crippen molar-refractivity contribution in [2.75, 3.05) is 29.3 Å². The second kappa shape index (κ2) is 11.1. The first-order chi connectivity index (χ1) is 22.0. The van der Waals surface area contributed by atoms with E-state index in [1.807, 2.05) is 0 Å². The van der Waals surface area contributed by atoms with Crippen LogP contribution in [0.25, 0.3) is 0 Å². The lowest BCUT2D eigenvalue weighted by atomic mass is 9.56. The first-order valence-electron chi connectivity index (χ1n) is 14.0. The Balaban J connectivity index is 1.53.